The highest BCUT2D eigenvalue weighted by Crippen LogP contribution is 2.30. The van der Waals surface area contributed by atoms with Crippen LogP contribution in [-0.4, -0.2) is 62.6 Å². The summed E-state index contributed by atoms with van der Waals surface area (Å²) in [6, 6.07) is 7.95. The van der Waals surface area contributed by atoms with Crippen molar-refractivity contribution in [1.82, 2.24) is 9.29 Å². The minimum absolute atomic E-state index is 0.0493. The summed E-state index contributed by atoms with van der Waals surface area (Å²) in [5.74, 6) is -1.79. The van der Waals surface area contributed by atoms with E-state index in [0.717, 1.165) is 62.2 Å². The summed E-state index contributed by atoms with van der Waals surface area (Å²) < 4.78 is 58.0. The molecule has 0 atom stereocenters. The van der Waals surface area contributed by atoms with Crippen LogP contribution in [0.4, 0.5) is 10.8 Å². The number of benzene rings is 2. The molecule has 1 aromatic heterocycles. The first-order valence-corrected chi connectivity index (χ1v) is 16.2. The largest absolute Gasteiger partial charge is 0.452 e. The molecular formula is C24H23ClN4O9S3. The number of halogens is 1. The molecule has 4 rings (SSSR count). The molecule has 1 amide bonds. The molecule has 1 N–H and O–H groups in total. The maximum atomic E-state index is 13.2. The van der Waals surface area contributed by atoms with Crippen LogP contribution in [0.3, 0.4) is 0 Å². The lowest BCUT2D eigenvalue weighted by Gasteiger charge is -2.21. The first kappa shape index (κ1) is 30.5. The zero-order valence-electron chi connectivity index (χ0n) is 21.2. The molecule has 0 bridgehead atoms. The highest BCUT2D eigenvalue weighted by molar-refractivity contribution is 7.93. The van der Waals surface area contributed by atoms with Gasteiger partial charge in [0.2, 0.25) is 19.9 Å². The van der Waals surface area contributed by atoms with Gasteiger partial charge in [-0.1, -0.05) is 35.8 Å². The van der Waals surface area contributed by atoms with E-state index in [1.807, 2.05) is 0 Å². The lowest BCUT2D eigenvalue weighted by Crippen LogP contribution is -2.32. The molecule has 2 heterocycles. The fraction of sp³-hybridized carbons (Fsp3) is 0.292. The molecule has 41 heavy (non-hydrogen) atoms. The molecule has 0 radical (unpaired) electrons. The molecule has 1 aliphatic rings. The third-order valence-electron chi connectivity index (χ3n) is 6.04. The van der Waals surface area contributed by atoms with Crippen molar-refractivity contribution < 1.29 is 36.1 Å². The van der Waals surface area contributed by atoms with Gasteiger partial charge in [0, 0.05) is 25.2 Å². The zero-order chi connectivity index (χ0) is 29.8. The number of hydrogen-bond donors (Lipinski definition) is 1. The molecule has 0 saturated carbocycles. The average molecular weight is 643 g/mol. The number of carbonyl (C=O) groups is 2. The van der Waals surface area contributed by atoms with E-state index in [2.05, 4.69) is 10.3 Å². The van der Waals surface area contributed by atoms with Crippen LogP contribution in [0.1, 0.15) is 36.0 Å². The number of nitro groups is 1. The lowest BCUT2D eigenvalue weighted by molar-refractivity contribution is -0.384. The maximum absolute atomic E-state index is 13.2. The summed E-state index contributed by atoms with van der Waals surface area (Å²) in [5, 5.41) is 13.0. The fourth-order valence-corrected chi connectivity index (χ4v) is 8.39. The summed E-state index contributed by atoms with van der Waals surface area (Å²) in [5.41, 5.74) is -0.397. The topological polar surface area (TPSA) is 183 Å². The number of sulfone groups is 1. The summed E-state index contributed by atoms with van der Waals surface area (Å²) in [6.07, 6.45) is 4.30. The number of anilines is 1. The van der Waals surface area contributed by atoms with Crippen LogP contribution in [-0.2, 0) is 29.4 Å². The van der Waals surface area contributed by atoms with Gasteiger partial charge in [0.15, 0.2) is 11.7 Å². The Bertz CT molecular complexity index is 1680. The summed E-state index contributed by atoms with van der Waals surface area (Å²) in [7, 11) is -8.01. The van der Waals surface area contributed by atoms with Crippen molar-refractivity contribution in [3.63, 3.8) is 0 Å². The predicted octanol–water partition coefficient (Wildman–Crippen LogP) is 3.90. The monoisotopic (exact) mass is 642 g/mol. The number of sulfonamides is 1. The standard InChI is InChI=1S/C24H23ClN4O9S3/c25-19-10-5-16(13-20(19)41(36,37)28-11-3-1-2-4-12-28)23(31)38-15-21(30)27-24-26-14-22(39-24)40(34,35)18-8-6-17(7-9-18)29(32)33/h5-10,13-14H,1-4,11-12,15H2,(H,26,27,30). The third kappa shape index (κ3) is 7.08. The molecular weight excluding hydrogens is 620 g/mol. The minimum atomic E-state index is -4.05. The van der Waals surface area contributed by atoms with E-state index < -0.39 is 43.3 Å². The number of thiazole rings is 1. The number of hydrogen-bond acceptors (Lipinski definition) is 11. The van der Waals surface area contributed by atoms with Crippen molar-refractivity contribution >= 4 is 65.5 Å². The number of esters is 1. The first-order valence-electron chi connectivity index (χ1n) is 12.1. The van der Waals surface area contributed by atoms with Crippen molar-refractivity contribution in [3.05, 3.63) is 69.4 Å². The highest BCUT2D eigenvalue weighted by Gasteiger charge is 2.29. The second-order valence-corrected chi connectivity index (χ2v) is 14.3. The van der Waals surface area contributed by atoms with Gasteiger partial charge in [0.05, 0.1) is 26.6 Å². The van der Waals surface area contributed by atoms with Gasteiger partial charge < -0.3 is 4.74 Å². The van der Waals surface area contributed by atoms with Crippen LogP contribution in [0.25, 0.3) is 0 Å². The normalized spacial score (nSPS) is 14.7. The van der Waals surface area contributed by atoms with E-state index in [9.17, 15) is 36.5 Å². The zero-order valence-corrected chi connectivity index (χ0v) is 24.4. The Hall–Kier alpha value is -3.44. The van der Waals surface area contributed by atoms with Crippen LogP contribution < -0.4 is 5.32 Å². The maximum Gasteiger partial charge on any atom is 0.338 e. The van der Waals surface area contributed by atoms with Gasteiger partial charge in [-0.15, -0.1) is 0 Å². The second kappa shape index (κ2) is 12.6. The molecule has 1 saturated heterocycles. The second-order valence-electron chi connectivity index (χ2n) is 8.83. The van der Waals surface area contributed by atoms with E-state index in [1.165, 1.54) is 16.4 Å². The van der Waals surface area contributed by atoms with Crippen LogP contribution in [0.15, 0.2) is 62.7 Å². The molecule has 218 valence electrons. The number of amides is 1. The Morgan fingerprint density at radius 2 is 1.71 bits per heavy atom. The third-order valence-corrected chi connectivity index (χ3v) is 11.6. The molecule has 0 spiro atoms. The number of ether oxygens (including phenoxy) is 1. The summed E-state index contributed by atoms with van der Waals surface area (Å²) >= 11 is 6.79. The van der Waals surface area contributed by atoms with Gasteiger partial charge in [-0.3, -0.25) is 20.2 Å². The van der Waals surface area contributed by atoms with E-state index in [-0.39, 0.29) is 35.4 Å². The van der Waals surface area contributed by atoms with Crippen molar-refractivity contribution in [2.45, 2.75) is 39.7 Å². The predicted molar refractivity (Wildman–Crippen MR) is 148 cm³/mol. The van der Waals surface area contributed by atoms with Gasteiger partial charge in [0.25, 0.3) is 11.6 Å². The number of nitro benzene ring substituents is 1. The highest BCUT2D eigenvalue weighted by atomic mass is 35.5. The Morgan fingerprint density at radius 1 is 1.05 bits per heavy atom. The SMILES string of the molecule is O=C(COC(=O)c1ccc(Cl)c(S(=O)(=O)N2CCCCCC2)c1)Nc1ncc(S(=O)(=O)c2ccc([N+](=O)[O-])cc2)s1. The molecule has 0 unspecified atom stereocenters. The smallest absolute Gasteiger partial charge is 0.338 e. The average Bonchev–Trinajstić information content (AvgIpc) is 3.23. The Kier molecular flexibility index (Phi) is 9.38. The number of aromatic nitrogens is 1. The molecule has 17 heteroatoms. The van der Waals surface area contributed by atoms with Crippen LogP contribution in [0, 0.1) is 10.1 Å². The molecule has 2 aromatic carbocycles. The van der Waals surface area contributed by atoms with Crippen LogP contribution >= 0.6 is 22.9 Å². The van der Waals surface area contributed by atoms with E-state index in [1.54, 1.807) is 0 Å². The van der Waals surface area contributed by atoms with Gasteiger partial charge in [0.1, 0.15) is 9.10 Å². The minimum Gasteiger partial charge on any atom is -0.452 e. The number of carbonyl (C=O) groups excluding carboxylic acids is 2. The molecule has 0 aliphatic carbocycles. The van der Waals surface area contributed by atoms with Crippen LogP contribution in [0.5, 0.6) is 0 Å². The quantitative estimate of drug-likeness (QED) is 0.204. The summed E-state index contributed by atoms with van der Waals surface area (Å²) in [4.78, 5) is 38.5. The van der Waals surface area contributed by atoms with Crippen LogP contribution in [0.2, 0.25) is 5.02 Å². The van der Waals surface area contributed by atoms with Gasteiger partial charge >= 0.3 is 5.97 Å². The number of rotatable bonds is 9. The van der Waals surface area contributed by atoms with Gasteiger partial charge in [-0.05, 0) is 43.2 Å². The van der Waals surface area contributed by atoms with E-state index in [4.69, 9.17) is 16.3 Å². The van der Waals surface area contributed by atoms with Crippen molar-refractivity contribution in [2.24, 2.45) is 0 Å². The fourth-order valence-electron chi connectivity index (χ4n) is 3.92. The molecule has 3 aromatic rings. The number of non-ortho nitro benzene ring substituents is 1. The molecule has 13 nitrogen and oxygen atoms in total. The Labute approximate surface area is 244 Å². The Morgan fingerprint density at radius 3 is 2.34 bits per heavy atom. The van der Waals surface area contributed by atoms with Gasteiger partial charge in [-0.2, -0.15) is 4.31 Å². The van der Waals surface area contributed by atoms with Crippen molar-refractivity contribution in [3.8, 4) is 0 Å². The summed E-state index contributed by atoms with van der Waals surface area (Å²) in [6.45, 7) is -0.0675. The van der Waals surface area contributed by atoms with E-state index in [0.29, 0.717) is 24.4 Å². The lowest BCUT2D eigenvalue weighted by atomic mass is 10.2. The number of nitrogens with zero attached hydrogens (tertiary/aromatic N) is 3. The van der Waals surface area contributed by atoms with Crippen molar-refractivity contribution in [2.75, 3.05) is 25.0 Å². The van der Waals surface area contributed by atoms with Gasteiger partial charge in [-0.25, -0.2) is 26.6 Å². The molecule has 1 fully saturated rings. The Balaban J connectivity index is 1.39. The van der Waals surface area contributed by atoms with E-state index >= 15 is 0 Å². The number of nitrogens with one attached hydrogen (secondary N) is 1. The first-order chi connectivity index (χ1) is 19.4. The van der Waals surface area contributed by atoms with Crippen molar-refractivity contribution in [1.29, 1.82) is 0 Å². The molecule has 1 aliphatic heterocycles.